The number of hydrogen-bond donors (Lipinski definition) is 1. The van der Waals surface area contributed by atoms with Gasteiger partial charge in [0.05, 0.1) is 16.8 Å². The van der Waals surface area contributed by atoms with Crippen molar-refractivity contribution in [3.05, 3.63) is 58.7 Å². The fourth-order valence-corrected chi connectivity index (χ4v) is 3.52. The van der Waals surface area contributed by atoms with Gasteiger partial charge in [-0.3, -0.25) is 19.9 Å². The minimum absolute atomic E-state index is 0.203. The minimum Gasteiger partial charge on any atom is -0.267 e. The quantitative estimate of drug-likeness (QED) is 0.562. The Hall–Kier alpha value is -3.27. The number of aromatic nitrogens is 5. The lowest BCUT2D eigenvalue weighted by molar-refractivity contribution is 0.101. The first-order valence-electron chi connectivity index (χ1n) is 8.24. The van der Waals surface area contributed by atoms with Crippen LogP contribution in [0.4, 0.5) is 8.78 Å². The van der Waals surface area contributed by atoms with Crippen LogP contribution in [0.2, 0.25) is 0 Å². The van der Waals surface area contributed by atoms with E-state index in [0.717, 1.165) is 5.69 Å². The molecule has 4 heterocycles. The van der Waals surface area contributed by atoms with Gasteiger partial charge in [-0.1, -0.05) is 0 Å². The highest BCUT2D eigenvalue weighted by Crippen LogP contribution is 2.28. The van der Waals surface area contributed by atoms with E-state index in [1.54, 1.807) is 13.0 Å². The number of fused-ring (bicyclic) bond motifs is 1. The highest BCUT2D eigenvalue weighted by atomic mass is 32.1. The average molecular weight is 400 g/mol. The highest BCUT2D eigenvalue weighted by Gasteiger charge is 2.19. The van der Waals surface area contributed by atoms with Crippen LogP contribution in [0.3, 0.4) is 0 Å². The van der Waals surface area contributed by atoms with E-state index in [9.17, 15) is 13.6 Å². The number of carbonyl (C=O) groups is 1. The van der Waals surface area contributed by atoms with Gasteiger partial charge in [0.1, 0.15) is 0 Å². The summed E-state index contributed by atoms with van der Waals surface area (Å²) >= 11 is 1.42. The van der Waals surface area contributed by atoms with Gasteiger partial charge in [-0.2, -0.15) is 0 Å². The maximum Gasteiger partial charge on any atom is 0.273 e. The molecular formula is C18H14F2N6OS. The van der Waals surface area contributed by atoms with Gasteiger partial charge in [0, 0.05) is 46.8 Å². The van der Waals surface area contributed by atoms with E-state index in [1.807, 2.05) is 12.3 Å². The lowest BCUT2D eigenvalue weighted by Crippen LogP contribution is -2.23. The van der Waals surface area contributed by atoms with Gasteiger partial charge in [0.25, 0.3) is 12.3 Å². The van der Waals surface area contributed by atoms with Crippen molar-refractivity contribution in [2.45, 2.75) is 20.3 Å². The Morgan fingerprint density at radius 1 is 1.25 bits per heavy atom. The summed E-state index contributed by atoms with van der Waals surface area (Å²) in [6, 6.07) is 1.55. The lowest BCUT2D eigenvalue weighted by Gasteiger charge is -2.09. The SMILES string of the molecule is Cc1csc(-c2ncc(C(=O)Nn3cc(C(F)F)c4cnccc43)c(C)n2)n1. The molecule has 0 aliphatic carbocycles. The van der Waals surface area contributed by atoms with Gasteiger partial charge < -0.3 is 0 Å². The van der Waals surface area contributed by atoms with Gasteiger partial charge in [-0.05, 0) is 19.9 Å². The molecule has 142 valence electrons. The summed E-state index contributed by atoms with van der Waals surface area (Å²) in [6.07, 6.45) is 2.73. The number of carbonyl (C=O) groups excluding carboxylic acids is 1. The Balaban J connectivity index is 1.65. The molecule has 0 aliphatic rings. The number of halogens is 2. The summed E-state index contributed by atoms with van der Waals surface area (Å²) in [6.45, 7) is 3.56. The third kappa shape index (κ3) is 3.22. The molecule has 10 heteroatoms. The van der Waals surface area contributed by atoms with Crippen molar-refractivity contribution in [1.82, 2.24) is 24.6 Å². The second kappa shape index (κ2) is 7.04. The molecule has 0 radical (unpaired) electrons. The molecule has 0 aliphatic heterocycles. The number of nitrogens with zero attached hydrogens (tertiary/aromatic N) is 5. The summed E-state index contributed by atoms with van der Waals surface area (Å²) in [7, 11) is 0. The summed E-state index contributed by atoms with van der Waals surface area (Å²) < 4.78 is 27.8. The minimum atomic E-state index is -2.68. The molecule has 0 bridgehead atoms. The van der Waals surface area contributed by atoms with E-state index in [2.05, 4.69) is 25.4 Å². The number of alkyl halides is 2. The molecule has 4 rings (SSSR count). The zero-order chi connectivity index (χ0) is 19.8. The molecule has 1 amide bonds. The third-order valence-electron chi connectivity index (χ3n) is 4.13. The van der Waals surface area contributed by atoms with Crippen molar-refractivity contribution in [2.75, 3.05) is 5.43 Å². The third-order valence-corrected chi connectivity index (χ3v) is 5.08. The average Bonchev–Trinajstić information content (AvgIpc) is 3.26. The second-order valence-corrected chi connectivity index (χ2v) is 6.93. The van der Waals surface area contributed by atoms with Crippen LogP contribution in [-0.2, 0) is 0 Å². The van der Waals surface area contributed by atoms with Crippen molar-refractivity contribution < 1.29 is 13.6 Å². The van der Waals surface area contributed by atoms with Gasteiger partial charge in [-0.15, -0.1) is 11.3 Å². The maximum atomic E-state index is 13.3. The van der Waals surface area contributed by atoms with Crippen molar-refractivity contribution in [2.24, 2.45) is 0 Å². The first-order valence-corrected chi connectivity index (χ1v) is 9.12. The molecule has 0 saturated carbocycles. The zero-order valence-corrected chi connectivity index (χ0v) is 15.7. The number of rotatable bonds is 4. The molecule has 4 aromatic heterocycles. The number of aryl methyl sites for hydroxylation is 2. The number of nitrogens with one attached hydrogen (secondary N) is 1. The highest BCUT2D eigenvalue weighted by molar-refractivity contribution is 7.13. The molecule has 0 saturated heterocycles. The van der Waals surface area contributed by atoms with Crippen LogP contribution < -0.4 is 5.43 Å². The molecule has 0 fully saturated rings. The summed E-state index contributed by atoms with van der Waals surface area (Å²) in [4.78, 5) is 29.5. The van der Waals surface area contributed by atoms with E-state index >= 15 is 0 Å². The molecule has 4 aromatic rings. The van der Waals surface area contributed by atoms with Crippen LogP contribution in [-0.4, -0.2) is 30.5 Å². The maximum absolute atomic E-state index is 13.3. The first kappa shape index (κ1) is 18.1. The monoisotopic (exact) mass is 400 g/mol. The van der Waals surface area contributed by atoms with E-state index in [-0.39, 0.29) is 16.5 Å². The zero-order valence-electron chi connectivity index (χ0n) is 14.8. The Morgan fingerprint density at radius 3 is 2.75 bits per heavy atom. The normalized spacial score (nSPS) is 11.3. The molecule has 0 spiro atoms. The van der Waals surface area contributed by atoms with Crippen molar-refractivity contribution in [3.8, 4) is 10.8 Å². The first-order chi connectivity index (χ1) is 13.4. The van der Waals surface area contributed by atoms with Crippen LogP contribution in [0, 0.1) is 13.8 Å². The van der Waals surface area contributed by atoms with E-state index in [0.29, 0.717) is 22.0 Å². The Morgan fingerprint density at radius 2 is 2.07 bits per heavy atom. The lowest BCUT2D eigenvalue weighted by atomic mass is 10.2. The second-order valence-electron chi connectivity index (χ2n) is 6.08. The number of amides is 1. The molecule has 1 N–H and O–H groups in total. The number of thiazole rings is 1. The standard InChI is InChI=1S/C18H14F2N6OS/c1-9-8-28-18(23-9)16-22-6-11(10(2)24-16)17(27)25-26-7-13(15(19)20)12-5-21-4-3-14(12)26/h3-8,15H,1-2H3,(H,25,27). The van der Waals surface area contributed by atoms with Gasteiger partial charge >= 0.3 is 0 Å². The molecule has 0 atom stereocenters. The van der Waals surface area contributed by atoms with Crippen molar-refractivity contribution in [1.29, 1.82) is 0 Å². The summed E-state index contributed by atoms with van der Waals surface area (Å²) in [5, 5.41) is 2.83. The van der Waals surface area contributed by atoms with E-state index in [4.69, 9.17) is 0 Å². The molecule has 0 unspecified atom stereocenters. The van der Waals surface area contributed by atoms with Crippen molar-refractivity contribution in [3.63, 3.8) is 0 Å². The number of pyridine rings is 1. The predicted octanol–water partition coefficient (Wildman–Crippen LogP) is 3.89. The van der Waals surface area contributed by atoms with E-state index in [1.165, 1.54) is 40.8 Å². The largest absolute Gasteiger partial charge is 0.273 e. The van der Waals surface area contributed by atoms with Gasteiger partial charge in [-0.25, -0.2) is 23.7 Å². The van der Waals surface area contributed by atoms with Crippen LogP contribution in [0.5, 0.6) is 0 Å². The molecule has 0 aromatic carbocycles. The number of hydrogen-bond acceptors (Lipinski definition) is 6. The van der Waals surface area contributed by atoms with Gasteiger partial charge in [0.2, 0.25) is 0 Å². The fraction of sp³-hybridized carbons (Fsp3) is 0.167. The summed E-state index contributed by atoms with van der Waals surface area (Å²) in [5.74, 6) is -0.0708. The van der Waals surface area contributed by atoms with Crippen LogP contribution >= 0.6 is 11.3 Å². The Labute approximate surface area is 162 Å². The van der Waals surface area contributed by atoms with Crippen molar-refractivity contribution >= 4 is 28.1 Å². The predicted molar refractivity (Wildman–Crippen MR) is 101 cm³/mol. The Kier molecular flexibility index (Phi) is 4.55. The molecule has 28 heavy (non-hydrogen) atoms. The van der Waals surface area contributed by atoms with Gasteiger partial charge in [0.15, 0.2) is 10.8 Å². The van der Waals surface area contributed by atoms with Crippen LogP contribution in [0.1, 0.15) is 33.7 Å². The van der Waals surface area contributed by atoms with Crippen LogP contribution in [0.15, 0.2) is 36.2 Å². The smallest absolute Gasteiger partial charge is 0.267 e. The van der Waals surface area contributed by atoms with E-state index < -0.39 is 12.3 Å². The fourth-order valence-electron chi connectivity index (χ4n) is 2.78. The van der Waals surface area contributed by atoms with Crippen LogP contribution in [0.25, 0.3) is 21.7 Å². The summed E-state index contributed by atoms with van der Waals surface area (Å²) in [5.41, 5.74) is 4.39. The molecule has 7 nitrogen and oxygen atoms in total. The molecular weight excluding hydrogens is 386 g/mol. The topological polar surface area (TPSA) is 85.6 Å². The Bertz CT molecular complexity index is 1190.